The van der Waals surface area contributed by atoms with Crippen molar-refractivity contribution in [3.8, 4) is 5.75 Å². The molecule has 0 bridgehead atoms. The zero-order valence-corrected chi connectivity index (χ0v) is 9.42. The van der Waals surface area contributed by atoms with Crippen LogP contribution in [0.1, 0.15) is 24.4 Å². The topological polar surface area (TPSA) is 69.6 Å². The van der Waals surface area contributed by atoms with Crippen LogP contribution in [0, 0.1) is 0 Å². The summed E-state index contributed by atoms with van der Waals surface area (Å²) in [4.78, 5) is 24.9. The lowest BCUT2D eigenvalue weighted by Crippen LogP contribution is -2.43. The Morgan fingerprint density at radius 1 is 1.41 bits per heavy atom. The number of likely N-dealkylation sites (N-methyl/N-ethyl adjacent to an activating group) is 1. The van der Waals surface area contributed by atoms with Crippen molar-refractivity contribution < 1.29 is 20.2 Å². The molecule has 17 heavy (non-hydrogen) atoms. The number of urea groups is 1. The molecule has 1 aliphatic rings. The number of carbonyl (C=O) groups is 2. The highest BCUT2D eigenvalue weighted by molar-refractivity contribution is 6.07. The van der Waals surface area contributed by atoms with Crippen molar-refractivity contribution in [3.63, 3.8) is 0 Å². The van der Waals surface area contributed by atoms with Crippen molar-refractivity contribution in [1.82, 2.24) is 10.2 Å². The smallest absolute Gasteiger partial charge is 0.325 e. The van der Waals surface area contributed by atoms with Gasteiger partial charge in [-0.05, 0) is 24.1 Å². The molecule has 1 unspecified atom stereocenters. The van der Waals surface area contributed by atoms with E-state index in [0.717, 1.165) is 4.90 Å². The molecule has 1 aromatic carbocycles. The minimum Gasteiger partial charge on any atom is -0.508 e. The first kappa shape index (κ1) is 7.32. The van der Waals surface area contributed by atoms with E-state index in [0.29, 0.717) is 0 Å². The highest BCUT2D eigenvalue weighted by Crippen LogP contribution is 2.32. The van der Waals surface area contributed by atoms with Gasteiger partial charge in [-0.15, -0.1) is 0 Å². The molecule has 90 valence electrons. The van der Waals surface area contributed by atoms with Gasteiger partial charge < -0.3 is 10.4 Å². The molecule has 1 fully saturated rings. The number of phenolic OH excluding ortho intramolecular Hbond substituents is 1. The van der Waals surface area contributed by atoms with E-state index in [9.17, 15) is 14.7 Å². The fourth-order valence-electron chi connectivity index (χ4n) is 1.80. The molecule has 0 spiro atoms. The number of rotatable bonds is 2. The summed E-state index contributed by atoms with van der Waals surface area (Å²) in [5.41, 5.74) is -1.89. The molecule has 0 saturated carbocycles. The molecule has 1 aromatic rings. The number of nitrogens with one attached hydrogen (secondary N) is 1. The van der Waals surface area contributed by atoms with Crippen LogP contribution in [0.25, 0.3) is 0 Å². The fraction of sp³-hybridized carbons (Fsp3) is 0.333. The van der Waals surface area contributed by atoms with Gasteiger partial charge >= 0.3 is 6.03 Å². The van der Waals surface area contributed by atoms with Gasteiger partial charge in [0.2, 0.25) is 0 Å². The van der Waals surface area contributed by atoms with E-state index < -0.39 is 47.4 Å². The number of amides is 3. The van der Waals surface area contributed by atoms with E-state index >= 15 is 0 Å². The van der Waals surface area contributed by atoms with Crippen LogP contribution in [0.3, 0.4) is 0 Å². The minimum atomic E-state index is -1.65. The Morgan fingerprint density at radius 2 is 2.00 bits per heavy atom. The molecule has 3 amide bonds. The van der Waals surface area contributed by atoms with Gasteiger partial charge in [-0.1, -0.05) is 19.0 Å². The normalized spacial score (nSPS) is 27.3. The Balaban J connectivity index is 2.82. The number of phenols is 1. The Labute approximate surface area is 105 Å². The van der Waals surface area contributed by atoms with Crippen LogP contribution >= 0.6 is 0 Å². The standard InChI is InChI=1S/C12H14N2O3/c1-3-12(8-4-6-9(15)7-5-8)10(16)14(2)11(17)13-12/h4-7,15H,3H2,1-2H3,(H,13,17)/i4D,5D,6D,7D. The second-order valence-electron chi connectivity index (χ2n) is 3.78. The SMILES string of the molecule is [2H]c1c([2H])c(C2(CC)NC(=O)N(C)C2=O)c([2H])c([2H])c1O. The summed E-state index contributed by atoms with van der Waals surface area (Å²) in [5.74, 6) is -1.44. The molecule has 0 aromatic heterocycles. The van der Waals surface area contributed by atoms with E-state index in [2.05, 4.69) is 5.32 Å². The maximum Gasteiger partial charge on any atom is 0.325 e. The highest BCUT2D eigenvalue weighted by atomic mass is 16.3. The molecule has 1 heterocycles. The highest BCUT2D eigenvalue weighted by Gasteiger charge is 2.49. The van der Waals surface area contributed by atoms with Gasteiger partial charge in [0, 0.05) is 7.05 Å². The van der Waals surface area contributed by atoms with Crippen molar-refractivity contribution in [2.45, 2.75) is 18.9 Å². The van der Waals surface area contributed by atoms with Crippen LogP contribution in [-0.4, -0.2) is 29.0 Å². The first-order valence-electron chi connectivity index (χ1n) is 7.09. The van der Waals surface area contributed by atoms with Crippen LogP contribution in [0.5, 0.6) is 5.75 Å². The fourth-order valence-corrected chi connectivity index (χ4v) is 1.80. The van der Waals surface area contributed by atoms with E-state index in [1.165, 1.54) is 7.05 Å². The van der Waals surface area contributed by atoms with Crippen molar-refractivity contribution >= 4 is 11.9 Å². The van der Waals surface area contributed by atoms with Gasteiger partial charge in [-0.3, -0.25) is 9.69 Å². The number of hydrogen-bond donors (Lipinski definition) is 2. The zero-order valence-electron chi connectivity index (χ0n) is 13.4. The van der Waals surface area contributed by atoms with Crippen LogP contribution in [0.2, 0.25) is 0 Å². The maximum atomic E-state index is 12.4. The summed E-state index contributed by atoms with van der Waals surface area (Å²) in [5, 5.41) is 12.0. The molecule has 2 N–H and O–H groups in total. The minimum absolute atomic E-state index is 0.0589. The second kappa shape index (κ2) is 3.76. The van der Waals surface area contributed by atoms with Crippen LogP contribution in [0.4, 0.5) is 4.79 Å². The summed E-state index contributed by atoms with van der Waals surface area (Å²) >= 11 is 0. The van der Waals surface area contributed by atoms with Gasteiger partial charge in [-0.25, -0.2) is 4.79 Å². The van der Waals surface area contributed by atoms with Crippen LogP contribution in [-0.2, 0) is 10.3 Å². The lowest BCUT2D eigenvalue weighted by molar-refractivity contribution is -0.130. The maximum absolute atomic E-state index is 12.4. The molecule has 2 rings (SSSR count). The number of hydrogen-bond acceptors (Lipinski definition) is 3. The van der Waals surface area contributed by atoms with Crippen molar-refractivity contribution in [2.75, 3.05) is 7.05 Å². The molecule has 0 radical (unpaired) electrons. The van der Waals surface area contributed by atoms with Gasteiger partial charge in [0.25, 0.3) is 5.91 Å². The number of carbonyl (C=O) groups excluding carboxylic acids is 2. The number of aromatic hydroxyl groups is 1. The first-order valence-corrected chi connectivity index (χ1v) is 5.09. The average molecular weight is 238 g/mol. The lowest BCUT2D eigenvalue weighted by Gasteiger charge is -2.25. The molecule has 1 aliphatic heterocycles. The first-order chi connectivity index (χ1) is 9.69. The lowest BCUT2D eigenvalue weighted by atomic mass is 9.87. The number of imide groups is 1. The largest absolute Gasteiger partial charge is 0.508 e. The predicted molar refractivity (Wildman–Crippen MR) is 61.4 cm³/mol. The number of benzene rings is 1. The summed E-state index contributed by atoms with van der Waals surface area (Å²) in [6.07, 6.45) is 0.0589. The molecule has 5 heteroatoms. The molecule has 0 aliphatic carbocycles. The predicted octanol–water partition coefficient (Wildman–Crippen LogP) is 1.18. The van der Waals surface area contributed by atoms with Gasteiger partial charge in [0.1, 0.15) is 11.3 Å². The molecular formula is C12H14N2O3. The van der Waals surface area contributed by atoms with Gasteiger partial charge in [-0.2, -0.15) is 0 Å². The third kappa shape index (κ3) is 1.54. The Hall–Kier alpha value is -2.04. The average Bonchev–Trinajstić information content (AvgIpc) is 2.68. The quantitative estimate of drug-likeness (QED) is 0.760. The Bertz CT molecular complexity index is 635. The number of nitrogens with zero attached hydrogens (tertiary/aromatic N) is 1. The van der Waals surface area contributed by atoms with Crippen molar-refractivity contribution in [2.24, 2.45) is 0 Å². The van der Waals surface area contributed by atoms with Gasteiger partial charge in [0.05, 0.1) is 5.48 Å². The second-order valence-corrected chi connectivity index (χ2v) is 3.78. The van der Waals surface area contributed by atoms with E-state index in [4.69, 9.17) is 5.48 Å². The van der Waals surface area contributed by atoms with E-state index in [-0.39, 0.29) is 12.0 Å². The molecule has 1 saturated heterocycles. The van der Waals surface area contributed by atoms with Crippen molar-refractivity contribution in [3.05, 3.63) is 29.7 Å². The third-order valence-corrected chi connectivity index (χ3v) is 2.86. The Morgan fingerprint density at radius 3 is 2.41 bits per heavy atom. The summed E-state index contributed by atoms with van der Waals surface area (Å²) in [6, 6.07) is -3.05. The van der Waals surface area contributed by atoms with E-state index in [1.54, 1.807) is 6.92 Å². The van der Waals surface area contributed by atoms with Crippen molar-refractivity contribution in [1.29, 1.82) is 0 Å². The Kier molecular flexibility index (Phi) is 1.62. The van der Waals surface area contributed by atoms with Gasteiger partial charge in [0.15, 0.2) is 0 Å². The van der Waals surface area contributed by atoms with Crippen LogP contribution in [0.15, 0.2) is 24.2 Å². The molecule has 1 atom stereocenters. The molecule has 5 nitrogen and oxygen atoms in total. The van der Waals surface area contributed by atoms with Crippen LogP contribution < -0.4 is 5.32 Å². The summed E-state index contributed by atoms with van der Waals surface area (Å²) in [6.45, 7) is 1.59. The monoisotopic (exact) mass is 238 g/mol. The van der Waals surface area contributed by atoms with E-state index in [1.807, 2.05) is 0 Å². The molecular weight excluding hydrogens is 220 g/mol. The third-order valence-electron chi connectivity index (χ3n) is 2.86. The summed E-state index contributed by atoms with van der Waals surface area (Å²) in [7, 11) is 1.27. The summed E-state index contributed by atoms with van der Waals surface area (Å²) < 4.78 is 31.1. The zero-order chi connectivity index (χ0) is 16.1.